The summed E-state index contributed by atoms with van der Waals surface area (Å²) in [5.74, 6) is -4.06. The van der Waals surface area contributed by atoms with Gasteiger partial charge in [0.15, 0.2) is 0 Å². The Bertz CT molecular complexity index is 1020. The zero-order valence-electron chi connectivity index (χ0n) is 17.4. The average Bonchev–Trinajstić information content (AvgIpc) is 2.66. The van der Waals surface area contributed by atoms with E-state index < -0.39 is 45.1 Å². The van der Waals surface area contributed by atoms with Gasteiger partial charge in [0.2, 0.25) is 15.9 Å². The molecule has 0 saturated heterocycles. The fourth-order valence-corrected chi connectivity index (χ4v) is 3.94. The van der Waals surface area contributed by atoms with E-state index in [-0.39, 0.29) is 11.7 Å². The lowest BCUT2D eigenvalue weighted by Gasteiger charge is -2.22. The van der Waals surface area contributed by atoms with Crippen LogP contribution in [0.5, 0.6) is 0 Å². The molecule has 3 N–H and O–H groups in total. The van der Waals surface area contributed by atoms with Crippen LogP contribution in [0.4, 0.5) is 20.2 Å². The molecule has 2 aromatic rings. The lowest BCUT2D eigenvalue weighted by molar-refractivity contribution is -0.118. The maximum absolute atomic E-state index is 13.9. The van der Waals surface area contributed by atoms with Crippen molar-refractivity contribution in [1.29, 1.82) is 0 Å². The molecule has 2 amide bonds. The van der Waals surface area contributed by atoms with E-state index in [1.807, 2.05) is 0 Å². The topological polar surface area (TPSA) is 104 Å². The van der Waals surface area contributed by atoms with Crippen LogP contribution in [-0.4, -0.2) is 32.0 Å². The molecule has 0 aromatic heterocycles. The molecule has 0 unspecified atom stereocenters. The zero-order chi connectivity index (χ0) is 23.2. The normalized spacial score (nSPS) is 12.3. The van der Waals surface area contributed by atoms with Crippen molar-refractivity contribution < 1.29 is 26.8 Å². The Hall–Kier alpha value is -3.01. The van der Waals surface area contributed by atoms with E-state index in [0.29, 0.717) is 17.8 Å². The van der Waals surface area contributed by atoms with E-state index in [9.17, 15) is 26.8 Å². The number of halogens is 2. The van der Waals surface area contributed by atoms with Crippen LogP contribution in [0.1, 0.15) is 37.6 Å². The third-order valence-electron chi connectivity index (χ3n) is 4.32. The number of anilines is 2. The first kappa shape index (κ1) is 24.3. The number of rotatable bonds is 9. The average molecular weight is 454 g/mol. The van der Waals surface area contributed by atoms with E-state index in [2.05, 4.69) is 15.4 Å². The molecule has 0 saturated carbocycles. The second-order valence-electron chi connectivity index (χ2n) is 7.28. The summed E-state index contributed by atoms with van der Waals surface area (Å²) in [6.45, 7) is 5.10. The SMILES string of the molecule is CCCS(=O)(=O)Nc1ccc(NC(=O)[C@@H](NC(=O)c2c(F)cccc2F)C(C)C)cc1. The summed E-state index contributed by atoms with van der Waals surface area (Å²) in [6, 6.07) is 7.96. The van der Waals surface area contributed by atoms with Crippen LogP contribution in [0, 0.1) is 17.6 Å². The van der Waals surface area contributed by atoms with Crippen LogP contribution in [0.15, 0.2) is 42.5 Å². The first-order valence-electron chi connectivity index (χ1n) is 9.70. The molecule has 0 aliphatic heterocycles. The molecule has 0 fully saturated rings. The minimum Gasteiger partial charge on any atom is -0.340 e. The minimum absolute atomic E-state index is 0.0101. The van der Waals surface area contributed by atoms with Gasteiger partial charge in [-0.05, 0) is 48.7 Å². The summed E-state index contributed by atoms with van der Waals surface area (Å²) >= 11 is 0. The Morgan fingerprint density at radius 2 is 1.52 bits per heavy atom. The molecule has 2 rings (SSSR count). The maximum atomic E-state index is 13.9. The molecule has 2 aromatic carbocycles. The summed E-state index contributed by atoms with van der Waals surface area (Å²) in [5.41, 5.74) is -0.0553. The van der Waals surface area contributed by atoms with Crippen molar-refractivity contribution in [3.63, 3.8) is 0 Å². The Labute approximate surface area is 180 Å². The van der Waals surface area contributed by atoms with E-state index in [0.717, 1.165) is 18.2 Å². The summed E-state index contributed by atoms with van der Waals surface area (Å²) in [5, 5.41) is 4.97. The number of nitrogens with one attached hydrogen (secondary N) is 3. The Balaban J connectivity index is 2.10. The fraction of sp³-hybridized carbons (Fsp3) is 0.333. The first-order chi connectivity index (χ1) is 14.5. The highest BCUT2D eigenvalue weighted by atomic mass is 32.2. The largest absolute Gasteiger partial charge is 0.340 e. The van der Waals surface area contributed by atoms with Crippen molar-refractivity contribution in [2.45, 2.75) is 33.2 Å². The number of benzene rings is 2. The van der Waals surface area contributed by atoms with E-state index in [1.54, 1.807) is 20.8 Å². The lowest BCUT2D eigenvalue weighted by Crippen LogP contribution is -2.47. The van der Waals surface area contributed by atoms with Gasteiger partial charge in [-0.3, -0.25) is 14.3 Å². The number of sulfonamides is 1. The van der Waals surface area contributed by atoms with Crippen molar-refractivity contribution in [1.82, 2.24) is 5.32 Å². The van der Waals surface area contributed by atoms with Crippen molar-refractivity contribution in [2.75, 3.05) is 15.8 Å². The van der Waals surface area contributed by atoms with Crippen LogP contribution in [-0.2, 0) is 14.8 Å². The van der Waals surface area contributed by atoms with Gasteiger partial charge in [0.25, 0.3) is 5.91 Å². The molecular weight excluding hydrogens is 428 g/mol. The van der Waals surface area contributed by atoms with E-state index in [4.69, 9.17) is 0 Å². The lowest BCUT2D eigenvalue weighted by atomic mass is 10.0. The van der Waals surface area contributed by atoms with E-state index in [1.165, 1.54) is 24.3 Å². The van der Waals surface area contributed by atoms with Gasteiger partial charge in [-0.1, -0.05) is 26.8 Å². The van der Waals surface area contributed by atoms with Crippen LogP contribution >= 0.6 is 0 Å². The van der Waals surface area contributed by atoms with Gasteiger partial charge in [0.05, 0.1) is 5.75 Å². The van der Waals surface area contributed by atoms with Crippen LogP contribution in [0.3, 0.4) is 0 Å². The second kappa shape index (κ2) is 10.3. The van der Waals surface area contributed by atoms with Gasteiger partial charge < -0.3 is 10.6 Å². The smallest absolute Gasteiger partial charge is 0.257 e. The van der Waals surface area contributed by atoms with Crippen LogP contribution in [0.2, 0.25) is 0 Å². The Kier molecular flexibility index (Phi) is 8.09. The molecule has 1 atom stereocenters. The minimum atomic E-state index is -3.44. The van der Waals surface area contributed by atoms with Gasteiger partial charge in [-0.2, -0.15) is 0 Å². The molecule has 0 spiro atoms. The quantitative estimate of drug-likeness (QED) is 0.540. The Morgan fingerprint density at radius 3 is 2.03 bits per heavy atom. The number of amides is 2. The number of carbonyl (C=O) groups excluding carboxylic acids is 2. The molecular formula is C21H25F2N3O4S. The number of hydrogen-bond donors (Lipinski definition) is 3. The molecule has 31 heavy (non-hydrogen) atoms. The van der Waals surface area contributed by atoms with Gasteiger partial charge in [-0.25, -0.2) is 17.2 Å². The third-order valence-corrected chi connectivity index (χ3v) is 5.82. The van der Waals surface area contributed by atoms with Crippen molar-refractivity contribution >= 4 is 33.2 Å². The monoisotopic (exact) mass is 453 g/mol. The highest BCUT2D eigenvalue weighted by molar-refractivity contribution is 7.92. The summed E-state index contributed by atoms with van der Waals surface area (Å²) in [6.07, 6.45) is 0.475. The highest BCUT2D eigenvalue weighted by Crippen LogP contribution is 2.17. The van der Waals surface area contributed by atoms with E-state index >= 15 is 0 Å². The molecule has 0 heterocycles. The molecule has 168 valence electrons. The Morgan fingerprint density at radius 1 is 0.968 bits per heavy atom. The predicted octanol–water partition coefficient (Wildman–Crippen LogP) is 3.51. The number of hydrogen-bond acceptors (Lipinski definition) is 4. The highest BCUT2D eigenvalue weighted by Gasteiger charge is 2.27. The van der Waals surface area contributed by atoms with Crippen molar-refractivity contribution in [3.05, 3.63) is 59.7 Å². The van der Waals surface area contributed by atoms with Crippen molar-refractivity contribution in [2.24, 2.45) is 5.92 Å². The standard InChI is InChI=1S/C21H25F2N3O4S/c1-4-12-31(29,30)26-15-10-8-14(9-11-15)24-21(28)19(13(2)3)25-20(27)18-16(22)6-5-7-17(18)23/h5-11,13,19,26H,4,12H2,1-3H3,(H,24,28)(H,25,27)/t19-/m0/s1. The molecule has 10 heteroatoms. The molecule has 0 aliphatic rings. The fourth-order valence-electron chi connectivity index (χ4n) is 2.80. The van der Waals surface area contributed by atoms with Gasteiger partial charge in [0.1, 0.15) is 23.2 Å². The van der Waals surface area contributed by atoms with Crippen LogP contribution < -0.4 is 15.4 Å². The second-order valence-corrected chi connectivity index (χ2v) is 9.12. The first-order valence-corrected chi connectivity index (χ1v) is 11.4. The van der Waals surface area contributed by atoms with Crippen molar-refractivity contribution in [3.8, 4) is 0 Å². The summed E-state index contributed by atoms with van der Waals surface area (Å²) in [7, 11) is -3.44. The zero-order valence-corrected chi connectivity index (χ0v) is 18.2. The molecule has 0 radical (unpaired) electrons. The van der Waals surface area contributed by atoms with Gasteiger partial charge in [-0.15, -0.1) is 0 Å². The predicted molar refractivity (Wildman–Crippen MR) is 115 cm³/mol. The van der Waals surface area contributed by atoms with Crippen LogP contribution in [0.25, 0.3) is 0 Å². The van der Waals surface area contributed by atoms with Gasteiger partial charge in [0, 0.05) is 11.4 Å². The molecule has 0 bridgehead atoms. The number of carbonyl (C=O) groups is 2. The summed E-state index contributed by atoms with van der Waals surface area (Å²) in [4.78, 5) is 25.0. The van der Waals surface area contributed by atoms with Gasteiger partial charge >= 0.3 is 0 Å². The molecule has 7 nitrogen and oxygen atoms in total. The summed E-state index contributed by atoms with van der Waals surface area (Å²) < 4.78 is 53.8. The maximum Gasteiger partial charge on any atom is 0.257 e. The molecule has 0 aliphatic carbocycles. The third kappa shape index (κ3) is 6.74.